The van der Waals surface area contributed by atoms with Crippen LogP contribution >= 0.6 is 0 Å². The molecular weight excluding hydrogens is 361 g/mol. The fourth-order valence-electron chi connectivity index (χ4n) is 2.88. The van der Waals surface area contributed by atoms with Crippen molar-refractivity contribution in [2.75, 3.05) is 16.8 Å². The van der Waals surface area contributed by atoms with E-state index in [9.17, 15) is 22.8 Å². The molecular formula is C19H17F3N2O3. The van der Waals surface area contributed by atoms with Gasteiger partial charge in [0.15, 0.2) is 0 Å². The van der Waals surface area contributed by atoms with E-state index in [1.54, 1.807) is 31.2 Å². The van der Waals surface area contributed by atoms with Crippen LogP contribution < -0.4 is 15.0 Å². The SMILES string of the molecule is CCN1C(=O)C(C)(C(=O)Nc2cccc(C(F)(F)F)c2)Oc2ccccc21. The minimum atomic E-state index is -4.54. The van der Waals surface area contributed by atoms with E-state index in [1.807, 2.05) is 0 Å². The van der Waals surface area contributed by atoms with Gasteiger partial charge < -0.3 is 15.0 Å². The summed E-state index contributed by atoms with van der Waals surface area (Å²) in [6.45, 7) is 3.37. The second kappa shape index (κ2) is 6.61. The second-order valence-corrected chi connectivity index (χ2v) is 6.19. The van der Waals surface area contributed by atoms with Gasteiger partial charge in [-0.3, -0.25) is 9.59 Å². The zero-order valence-electron chi connectivity index (χ0n) is 14.6. The number of alkyl halides is 3. The topological polar surface area (TPSA) is 58.6 Å². The van der Waals surface area contributed by atoms with Gasteiger partial charge >= 0.3 is 6.18 Å². The summed E-state index contributed by atoms with van der Waals surface area (Å²) in [4.78, 5) is 27.0. The van der Waals surface area contributed by atoms with Crippen LogP contribution in [0.2, 0.25) is 0 Å². The summed E-state index contributed by atoms with van der Waals surface area (Å²) in [5.41, 5.74) is -2.34. The van der Waals surface area contributed by atoms with E-state index in [1.165, 1.54) is 24.0 Å². The van der Waals surface area contributed by atoms with Crippen LogP contribution in [-0.4, -0.2) is 24.0 Å². The van der Waals surface area contributed by atoms with E-state index >= 15 is 0 Å². The third-order valence-electron chi connectivity index (χ3n) is 4.32. The van der Waals surface area contributed by atoms with Crippen molar-refractivity contribution in [1.29, 1.82) is 0 Å². The van der Waals surface area contributed by atoms with Gasteiger partial charge in [-0.25, -0.2) is 0 Å². The number of nitrogens with zero attached hydrogens (tertiary/aromatic N) is 1. The third-order valence-corrected chi connectivity index (χ3v) is 4.32. The molecule has 0 spiro atoms. The Bertz CT molecular complexity index is 898. The van der Waals surface area contributed by atoms with E-state index in [0.717, 1.165) is 12.1 Å². The molecule has 0 bridgehead atoms. The zero-order valence-corrected chi connectivity index (χ0v) is 14.6. The van der Waals surface area contributed by atoms with Crippen molar-refractivity contribution in [3.63, 3.8) is 0 Å². The normalized spacial score (nSPS) is 19.3. The highest BCUT2D eigenvalue weighted by Crippen LogP contribution is 2.38. The third kappa shape index (κ3) is 3.34. The summed E-state index contributed by atoms with van der Waals surface area (Å²) in [5.74, 6) is -1.09. The summed E-state index contributed by atoms with van der Waals surface area (Å²) in [7, 11) is 0. The zero-order chi connectivity index (χ0) is 19.8. The smallest absolute Gasteiger partial charge is 0.416 e. The number of para-hydroxylation sites is 2. The molecule has 2 aromatic carbocycles. The highest BCUT2D eigenvalue weighted by molar-refractivity contribution is 6.19. The van der Waals surface area contributed by atoms with Crippen LogP contribution in [0.4, 0.5) is 24.5 Å². The summed E-state index contributed by atoms with van der Waals surface area (Å²) in [5, 5.41) is 2.36. The first-order valence-corrected chi connectivity index (χ1v) is 8.25. The fourth-order valence-corrected chi connectivity index (χ4v) is 2.88. The molecule has 8 heteroatoms. The average Bonchev–Trinajstić information content (AvgIpc) is 2.62. The van der Waals surface area contributed by atoms with Gasteiger partial charge in [-0.05, 0) is 44.2 Å². The van der Waals surface area contributed by atoms with Crippen molar-refractivity contribution in [1.82, 2.24) is 0 Å². The molecule has 0 aliphatic carbocycles. The Morgan fingerprint density at radius 1 is 1.19 bits per heavy atom. The van der Waals surface area contributed by atoms with Crippen LogP contribution in [0.1, 0.15) is 19.4 Å². The van der Waals surface area contributed by atoms with Gasteiger partial charge in [-0.1, -0.05) is 18.2 Å². The largest absolute Gasteiger partial charge is 0.465 e. The monoisotopic (exact) mass is 378 g/mol. The number of nitrogens with one attached hydrogen (secondary N) is 1. The van der Waals surface area contributed by atoms with Gasteiger partial charge in [0.2, 0.25) is 0 Å². The molecule has 27 heavy (non-hydrogen) atoms. The number of ether oxygens (including phenoxy) is 1. The molecule has 2 amide bonds. The molecule has 0 saturated heterocycles. The molecule has 1 aliphatic rings. The van der Waals surface area contributed by atoms with Crippen LogP contribution in [0.15, 0.2) is 48.5 Å². The van der Waals surface area contributed by atoms with Crippen LogP contribution in [0.25, 0.3) is 0 Å². The lowest BCUT2D eigenvalue weighted by molar-refractivity contribution is -0.145. The number of rotatable bonds is 3. The van der Waals surface area contributed by atoms with Crippen molar-refractivity contribution < 1.29 is 27.5 Å². The molecule has 5 nitrogen and oxygen atoms in total. The predicted octanol–water partition coefficient (Wildman–Crippen LogP) is 3.85. The van der Waals surface area contributed by atoms with E-state index in [-0.39, 0.29) is 5.69 Å². The minimum absolute atomic E-state index is 0.0747. The summed E-state index contributed by atoms with van der Waals surface area (Å²) < 4.78 is 44.3. The first-order chi connectivity index (χ1) is 12.7. The number of hydrogen-bond acceptors (Lipinski definition) is 3. The Labute approximate surface area is 153 Å². The molecule has 1 N–H and O–H groups in total. The van der Waals surface area contributed by atoms with Gasteiger partial charge in [0, 0.05) is 12.2 Å². The number of carbonyl (C=O) groups is 2. The van der Waals surface area contributed by atoms with Crippen molar-refractivity contribution in [2.45, 2.75) is 25.6 Å². The van der Waals surface area contributed by atoms with Gasteiger partial charge in [0.1, 0.15) is 5.75 Å². The minimum Gasteiger partial charge on any atom is -0.465 e. The fraction of sp³-hybridized carbons (Fsp3) is 0.263. The number of benzene rings is 2. The lowest BCUT2D eigenvalue weighted by Gasteiger charge is -2.39. The lowest BCUT2D eigenvalue weighted by atomic mass is 9.99. The molecule has 0 radical (unpaired) electrons. The number of amides is 2. The molecule has 1 atom stereocenters. The molecule has 1 heterocycles. The number of likely N-dealkylation sites (N-methyl/N-ethyl adjacent to an activating group) is 1. The van der Waals surface area contributed by atoms with Gasteiger partial charge in [-0.15, -0.1) is 0 Å². The van der Waals surface area contributed by atoms with Crippen LogP contribution in [0, 0.1) is 0 Å². The number of hydrogen-bond donors (Lipinski definition) is 1. The molecule has 0 saturated carbocycles. The number of anilines is 2. The van der Waals surface area contributed by atoms with Gasteiger partial charge in [0.25, 0.3) is 17.4 Å². The maximum Gasteiger partial charge on any atom is 0.416 e. The van der Waals surface area contributed by atoms with E-state index in [0.29, 0.717) is 18.0 Å². The van der Waals surface area contributed by atoms with Crippen molar-refractivity contribution >= 4 is 23.2 Å². The van der Waals surface area contributed by atoms with Crippen molar-refractivity contribution in [3.05, 3.63) is 54.1 Å². The maximum absolute atomic E-state index is 12.9. The number of carbonyl (C=O) groups excluding carboxylic acids is 2. The van der Waals surface area contributed by atoms with Crippen LogP contribution in [0.5, 0.6) is 5.75 Å². The van der Waals surface area contributed by atoms with Gasteiger partial charge in [0.05, 0.1) is 11.3 Å². The van der Waals surface area contributed by atoms with Gasteiger partial charge in [-0.2, -0.15) is 13.2 Å². The lowest BCUT2D eigenvalue weighted by Crippen LogP contribution is -2.60. The molecule has 3 rings (SSSR count). The summed E-state index contributed by atoms with van der Waals surface area (Å²) in [6, 6.07) is 11.0. The van der Waals surface area contributed by atoms with Crippen molar-refractivity contribution in [2.24, 2.45) is 0 Å². The summed E-state index contributed by atoms with van der Waals surface area (Å²) in [6.07, 6.45) is -4.54. The maximum atomic E-state index is 12.9. The molecule has 0 aromatic heterocycles. The van der Waals surface area contributed by atoms with Crippen molar-refractivity contribution in [3.8, 4) is 5.75 Å². The van der Waals surface area contributed by atoms with E-state index in [4.69, 9.17) is 4.74 Å². The number of fused-ring (bicyclic) bond motifs is 1. The molecule has 1 unspecified atom stereocenters. The Balaban J connectivity index is 1.91. The van der Waals surface area contributed by atoms with E-state index < -0.39 is 29.2 Å². The predicted molar refractivity (Wildman–Crippen MR) is 93.6 cm³/mol. The Morgan fingerprint density at radius 2 is 1.89 bits per heavy atom. The average molecular weight is 378 g/mol. The number of halogens is 3. The van der Waals surface area contributed by atoms with Crippen LogP contribution in [-0.2, 0) is 15.8 Å². The Hall–Kier alpha value is -3.03. The highest BCUT2D eigenvalue weighted by Gasteiger charge is 2.50. The standard InChI is InChI=1S/C19H17F3N2O3/c1-3-24-14-9-4-5-10-15(14)27-18(2,17(24)26)16(25)23-13-8-6-7-12(11-13)19(20,21)22/h4-11H,3H2,1-2H3,(H,23,25). The first kappa shape index (κ1) is 18.8. The summed E-state index contributed by atoms with van der Waals surface area (Å²) >= 11 is 0. The molecule has 1 aliphatic heterocycles. The highest BCUT2D eigenvalue weighted by atomic mass is 19.4. The Morgan fingerprint density at radius 3 is 2.56 bits per heavy atom. The molecule has 2 aromatic rings. The van der Waals surface area contributed by atoms with E-state index in [2.05, 4.69) is 5.32 Å². The first-order valence-electron chi connectivity index (χ1n) is 8.25. The molecule has 142 valence electrons. The second-order valence-electron chi connectivity index (χ2n) is 6.19. The quantitative estimate of drug-likeness (QED) is 0.826. The van der Waals surface area contributed by atoms with Crippen LogP contribution in [0.3, 0.4) is 0 Å². The molecule has 0 fully saturated rings. The Kier molecular flexibility index (Phi) is 4.59.